The van der Waals surface area contributed by atoms with Crippen LogP contribution in [0, 0.1) is 51.8 Å². The van der Waals surface area contributed by atoms with Gasteiger partial charge in [0.1, 0.15) is 0 Å². The van der Waals surface area contributed by atoms with Crippen molar-refractivity contribution < 1.29 is 14.2 Å². The second-order valence-corrected chi connectivity index (χ2v) is 14.2. The Kier molecular flexibility index (Phi) is 3.87. The van der Waals surface area contributed by atoms with Gasteiger partial charge in [-0.1, -0.05) is 13.8 Å². The van der Waals surface area contributed by atoms with Crippen molar-refractivity contribution >= 4 is 0 Å². The summed E-state index contributed by atoms with van der Waals surface area (Å²) in [6, 6.07) is 0. The predicted molar refractivity (Wildman–Crippen MR) is 123 cm³/mol. The van der Waals surface area contributed by atoms with Gasteiger partial charge in [-0.2, -0.15) is 0 Å². The highest BCUT2D eigenvalue weighted by Crippen LogP contribution is 2.78. The summed E-state index contributed by atoms with van der Waals surface area (Å²) in [7, 11) is 0. The van der Waals surface area contributed by atoms with Gasteiger partial charge in [-0.05, 0) is 123 Å². The van der Waals surface area contributed by atoms with Crippen LogP contribution in [-0.4, -0.2) is 31.2 Å². The van der Waals surface area contributed by atoms with Crippen molar-refractivity contribution in [3.63, 3.8) is 0 Å². The van der Waals surface area contributed by atoms with Gasteiger partial charge in [-0.25, -0.2) is 0 Å². The Morgan fingerprint density at radius 3 is 2.28 bits per heavy atom. The summed E-state index contributed by atoms with van der Waals surface area (Å²) >= 11 is 0. The van der Waals surface area contributed by atoms with Gasteiger partial charge in [0.15, 0.2) is 5.79 Å². The van der Waals surface area contributed by atoms with Crippen LogP contribution in [0.2, 0.25) is 0 Å². The van der Waals surface area contributed by atoms with E-state index in [1.54, 1.807) is 0 Å². The molecule has 2 saturated heterocycles. The van der Waals surface area contributed by atoms with E-state index in [1.165, 1.54) is 77.0 Å². The van der Waals surface area contributed by atoms with Crippen LogP contribution in [0.5, 0.6) is 0 Å². The Bertz CT molecular complexity index is 815. The highest BCUT2D eigenvalue weighted by atomic mass is 16.7. The van der Waals surface area contributed by atoms with Gasteiger partial charge in [0, 0.05) is 18.4 Å². The van der Waals surface area contributed by atoms with E-state index in [0.717, 1.165) is 61.7 Å². The van der Waals surface area contributed by atoms with Gasteiger partial charge in [0.05, 0.1) is 18.8 Å². The Morgan fingerprint density at radius 2 is 1.47 bits per heavy atom. The fourth-order valence-corrected chi connectivity index (χ4v) is 12.1. The summed E-state index contributed by atoms with van der Waals surface area (Å²) in [4.78, 5) is 0. The van der Waals surface area contributed by atoms with Crippen LogP contribution in [0.25, 0.3) is 0 Å². The van der Waals surface area contributed by atoms with Crippen LogP contribution >= 0.6 is 0 Å². The second kappa shape index (κ2) is 6.16. The Balaban J connectivity index is 1.15. The standard InChI is InChI=1S/C29H44O3/c1-25-9-5-21-22-7-11-29(31-15-16-32-29)26(22,2)10-6-23(21)28(25,20-3-4-20)13-12-27(18-25)24-17-19(24)8-14-30-27/h19-24H,3-18H2,1-2H3/t19?,21-,22?,23?,24?,25+,26-,27?,28?/m0/s1. The number of hydrogen-bond acceptors (Lipinski definition) is 3. The minimum absolute atomic E-state index is 0.243. The quantitative estimate of drug-likeness (QED) is 0.476. The normalized spacial score (nSPS) is 60.0. The van der Waals surface area contributed by atoms with Crippen LogP contribution in [-0.2, 0) is 14.2 Å². The first kappa shape index (κ1) is 20.1. The molecule has 6 aliphatic carbocycles. The third-order valence-electron chi connectivity index (χ3n) is 13.5. The zero-order valence-corrected chi connectivity index (χ0v) is 20.5. The largest absolute Gasteiger partial charge is 0.375 e. The molecule has 0 aromatic carbocycles. The lowest BCUT2D eigenvalue weighted by Gasteiger charge is -2.69. The molecule has 178 valence electrons. The molecule has 2 aliphatic heterocycles. The van der Waals surface area contributed by atoms with E-state index in [1.807, 2.05) is 0 Å². The minimum atomic E-state index is -0.246. The molecule has 0 radical (unpaired) electrons. The molecule has 0 amide bonds. The minimum Gasteiger partial charge on any atom is -0.375 e. The first-order valence-electron chi connectivity index (χ1n) is 14.4. The molecule has 0 aromatic heterocycles. The highest BCUT2D eigenvalue weighted by Gasteiger charge is 2.74. The maximum Gasteiger partial charge on any atom is 0.174 e. The summed E-state index contributed by atoms with van der Waals surface area (Å²) in [5, 5.41) is 0. The van der Waals surface area contributed by atoms with E-state index < -0.39 is 0 Å². The Labute approximate surface area is 194 Å². The van der Waals surface area contributed by atoms with Crippen molar-refractivity contribution in [3.8, 4) is 0 Å². The van der Waals surface area contributed by atoms with Gasteiger partial charge in [0.2, 0.25) is 0 Å². The van der Waals surface area contributed by atoms with E-state index in [4.69, 9.17) is 14.2 Å². The highest BCUT2D eigenvalue weighted by molar-refractivity contribution is 5.22. The lowest BCUT2D eigenvalue weighted by Crippen LogP contribution is -2.64. The first-order valence-corrected chi connectivity index (χ1v) is 14.4. The number of hydrogen-bond donors (Lipinski definition) is 0. The first-order chi connectivity index (χ1) is 15.5. The summed E-state index contributed by atoms with van der Waals surface area (Å²) < 4.78 is 19.6. The molecule has 6 unspecified atom stereocenters. The molecular weight excluding hydrogens is 396 g/mol. The van der Waals surface area contributed by atoms with Gasteiger partial charge < -0.3 is 14.2 Å². The lowest BCUT2D eigenvalue weighted by atomic mass is 9.37. The fraction of sp³-hybridized carbons (Fsp3) is 1.00. The summed E-state index contributed by atoms with van der Waals surface area (Å²) in [5.41, 5.74) is 1.60. The number of ether oxygens (including phenoxy) is 3. The molecule has 3 nitrogen and oxygen atoms in total. The molecule has 6 saturated carbocycles. The molecule has 2 spiro atoms. The molecule has 3 heteroatoms. The van der Waals surface area contributed by atoms with Crippen LogP contribution in [0.1, 0.15) is 97.3 Å². The van der Waals surface area contributed by atoms with Crippen molar-refractivity contribution in [2.75, 3.05) is 19.8 Å². The van der Waals surface area contributed by atoms with Crippen LogP contribution in [0.3, 0.4) is 0 Å². The average Bonchev–Trinajstić information content (AvgIpc) is 3.70. The van der Waals surface area contributed by atoms with E-state index >= 15 is 0 Å². The summed E-state index contributed by atoms with van der Waals surface area (Å²) in [6.07, 6.45) is 18.2. The lowest BCUT2D eigenvalue weighted by molar-refractivity contribution is -0.265. The van der Waals surface area contributed by atoms with E-state index in [0.29, 0.717) is 10.8 Å². The number of fused-ring (bicyclic) bond motifs is 8. The van der Waals surface area contributed by atoms with Gasteiger partial charge >= 0.3 is 0 Å². The third kappa shape index (κ3) is 2.22. The molecule has 0 N–H and O–H groups in total. The van der Waals surface area contributed by atoms with E-state index in [-0.39, 0.29) is 16.8 Å². The molecule has 8 rings (SSSR count). The van der Waals surface area contributed by atoms with Gasteiger partial charge in [-0.15, -0.1) is 0 Å². The zero-order chi connectivity index (χ0) is 21.4. The van der Waals surface area contributed by atoms with Crippen molar-refractivity contribution in [2.45, 2.75) is 109 Å². The summed E-state index contributed by atoms with van der Waals surface area (Å²) in [5.74, 6) is 5.34. The molecule has 0 bridgehead atoms. The van der Waals surface area contributed by atoms with Gasteiger partial charge in [-0.3, -0.25) is 0 Å². The van der Waals surface area contributed by atoms with Crippen molar-refractivity contribution in [3.05, 3.63) is 0 Å². The van der Waals surface area contributed by atoms with Crippen LogP contribution < -0.4 is 0 Å². The van der Waals surface area contributed by atoms with Crippen LogP contribution in [0.15, 0.2) is 0 Å². The SMILES string of the molecule is C[C@]12CC[C@@H]3C(CC[C@@]4(C)C3CCC43OCCO3)C1(C1CC1)CCC1(C2)OCCC2CC21. The van der Waals surface area contributed by atoms with Crippen molar-refractivity contribution in [1.82, 2.24) is 0 Å². The second-order valence-electron chi connectivity index (χ2n) is 14.2. The number of rotatable bonds is 1. The molecule has 8 aliphatic rings. The van der Waals surface area contributed by atoms with E-state index in [2.05, 4.69) is 13.8 Å². The fourth-order valence-electron chi connectivity index (χ4n) is 12.1. The molecule has 9 atom stereocenters. The smallest absolute Gasteiger partial charge is 0.174 e. The molecule has 8 fully saturated rings. The maximum absolute atomic E-state index is 6.77. The third-order valence-corrected chi connectivity index (χ3v) is 13.5. The monoisotopic (exact) mass is 440 g/mol. The zero-order valence-electron chi connectivity index (χ0n) is 20.5. The van der Waals surface area contributed by atoms with Crippen LogP contribution in [0.4, 0.5) is 0 Å². The Morgan fingerprint density at radius 1 is 0.656 bits per heavy atom. The van der Waals surface area contributed by atoms with E-state index in [9.17, 15) is 0 Å². The maximum atomic E-state index is 6.77. The van der Waals surface area contributed by atoms with Gasteiger partial charge in [0.25, 0.3) is 0 Å². The van der Waals surface area contributed by atoms with Crippen molar-refractivity contribution in [1.29, 1.82) is 0 Å². The summed E-state index contributed by atoms with van der Waals surface area (Å²) in [6.45, 7) is 7.98. The molecule has 32 heavy (non-hydrogen) atoms. The molecule has 2 heterocycles. The Hall–Kier alpha value is -0.120. The predicted octanol–water partition coefficient (Wildman–Crippen LogP) is 6.35. The topological polar surface area (TPSA) is 27.7 Å². The molecular formula is C29H44O3. The average molecular weight is 441 g/mol. The van der Waals surface area contributed by atoms with Crippen molar-refractivity contribution in [2.24, 2.45) is 51.8 Å². The molecule has 0 aromatic rings.